The number of pyridine rings is 1. The van der Waals surface area contributed by atoms with Crippen molar-refractivity contribution in [1.29, 1.82) is 0 Å². The van der Waals surface area contributed by atoms with Gasteiger partial charge >= 0.3 is 0 Å². The number of halogens is 1. The average molecular weight is 240 g/mol. The molecule has 0 saturated heterocycles. The van der Waals surface area contributed by atoms with Crippen LogP contribution in [-0.4, -0.2) is 4.98 Å². The summed E-state index contributed by atoms with van der Waals surface area (Å²) in [5, 5.41) is 3.24. The van der Waals surface area contributed by atoms with Crippen LogP contribution in [-0.2, 0) is 6.54 Å². The Morgan fingerprint density at radius 1 is 1.33 bits per heavy atom. The standard InChI is InChI=1S/C10H10ClN3S/c11-9-3-2-8(15-9)6-13-7-1-4-10(12)14-5-7/h1-5,13H,6H2,(H2,12,14). The fourth-order valence-electron chi connectivity index (χ4n) is 1.15. The molecule has 3 N–H and O–H groups in total. The topological polar surface area (TPSA) is 50.9 Å². The Bertz CT molecular complexity index is 438. The molecule has 3 nitrogen and oxygen atoms in total. The monoisotopic (exact) mass is 239 g/mol. The Labute approximate surface area is 96.9 Å². The lowest BCUT2D eigenvalue weighted by atomic mass is 10.4. The Kier molecular flexibility index (Phi) is 3.08. The van der Waals surface area contributed by atoms with Gasteiger partial charge in [-0.2, -0.15) is 0 Å². The van der Waals surface area contributed by atoms with Crippen LogP contribution in [0.4, 0.5) is 11.5 Å². The number of nitrogens with zero attached hydrogens (tertiary/aromatic N) is 1. The molecule has 0 atom stereocenters. The highest BCUT2D eigenvalue weighted by Crippen LogP contribution is 2.22. The van der Waals surface area contributed by atoms with Crippen LogP contribution in [0.2, 0.25) is 4.34 Å². The van der Waals surface area contributed by atoms with Crippen molar-refractivity contribution in [3.05, 3.63) is 39.7 Å². The predicted octanol–water partition coefficient (Wildman–Crippen LogP) is 2.99. The maximum absolute atomic E-state index is 5.82. The Hall–Kier alpha value is -1.26. The third-order valence-corrected chi connectivity index (χ3v) is 3.11. The number of hydrogen-bond acceptors (Lipinski definition) is 4. The van der Waals surface area contributed by atoms with Gasteiger partial charge in [-0.15, -0.1) is 11.3 Å². The van der Waals surface area contributed by atoms with E-state index in [0.29, 0.717) is 5.82 Å². The van der Waals surface area contributed by atoms with Gasteiger partial charge in [0.2, 0.25) is 0 Å². The van der Waals surface area contributed by atoms with Gasteiger partial charge in [0.05, 0.1) is 16.2 Å². The molecule has 2 aromatic heterocycles. The van der Waals surface area contributed by atoms with E-state index < -0.39 is 0 Å². The molecule has 0 aliphatic heterocycles. The maximum atomic E-state index is 5.82. The lowest BCUT2D eigenvalue weighted by molar-refractivity contribution is 1.18. The van der Waals surface area contributed by atoms with Gasteiger partial charge in [0, 0.05) is 11.4 Å². The Morgan fingerprint density at radius 3 is 2.80 bits per heavy atom. The second-order valence-electron chi connectivity index (χ2n) is 3.03. The summed E-state index contributed by atoms with van der Waals surface area (Å²) < 4.78 is 0.808. The predicted molar refractivity (Wildman–Crippen MR) is 65.3 cm³/mol. The SMILES string of the molecule is Nc1ccc(NCc2ccc(Cl)s2)cn1. The largest absolute Gasteiger partial charge is 0.384 e. The molecule has 0 aliphatic carbocycles. The number of thiophene rings is 1. The fraction of sp³-hybridized carbons (Fsp3) is 0.100. The molecule has 0 bridgehead atoms. The van der Waals surface area contributed by atoms with Crippen molar-refractivity contribution in [3.8, 4) is 0 Å². The molecule has 2 heterocycles. The van der Waals surface area contributed by atoms with Gasteiger partial charge in [0.15, 0.2) is 0 Å². The number of nitrogens with two attached hydrogens (primary N) is 1. The molecule has 15 heavy (non-hydrogen) atoms. The van der Waals surface area contributed by atoms with Gasteiger partial charge in [-0.05, 0) is 24.3 Å². The minimum absolute atomic E-state index is 0.528. The second kappa shape index (κ2) is 4.51. The van der Waals surface area contributed by atoms with E-state index in [1.165, 1.54) is 4.88 Å². The molecule has 78 valence electrons. The molecule has 0 amide bonds. The third-order valence-electron chi connectivity index (χ3n) is 1.88. The highest BCUT2D eigenvalue weighted by atomic mass is 35.5. The minimum Gasteiger partial charge on any atom is -0.384 e. The van der Waals surface area contributed by atoms with E-state index in [-0.39, 0.29) is 0 Å². The van der Waals surface area contributed by atoms with Crippen molar-refractivity contribution < 1.29 is 0 Å². The molecule has 2 aromatic rings. The zero-order chi connectivity index (χ0) is 10.7. The highest BCUT2D eigenvalue weighted by Gasteiger charge is 1.98. The number of anilines is 2. The van der Waals surface area contributed by atoms with Crippen molar-refractivity contribution in [1.82, 2.24) is 4.98 Å². The van der Waals surface area contributed by atoms with Gasteiger partial charge in [0.25, 0.3) is 0 Å². The Balaban J connectivity index is 1.96. The zero-order valence-corrected chi connectivity index (χ0v) is 9.48. The van der Waals surface area contributed by atoms with Crippen LogP contribution >= 0.6 is 22.9 Å². The fourth-order valence-corrected chi connectivity index (χ4v) is 2.17. The molecular formula is C10H10ClN3S. The lowest BCUT2D eigenvalue weighted by Gasteiger charge is -2.03. The van der Waals surface area contributed by atoms with Crippen LogP contribution in [0.25, 0.3) is 0 Å². The first-order valence-corrected chi connectivity index (χ1v) is 5.63. The molecule has 0 radical (unpaired) electrons. The number of rotatable bonds is 3. The molecule has 0 unspecified atom stereocenters. The molecular weight excluding hydrogens is 230 g/mol. The van der Waals surface area contributed by atoms with E-state index in [1.807, 2.05) is 18.2 Å². The van der Waals surface area contributed by atoms with Crippen molar-refractivity contribution in [2.24, 2.45) is 0 Å². The first-order chi connectivity index (χ1) is 7.24. The van der Waals surface area contributed by atoms with Gasteiger partial charge in [0.1, 0.15) is 5.82 Å². The second-order valence-corrected chi connectivity index (χ2v) is 4.83. The van der Waals surface area contributed by atoms with E-state index in [1.54, 1.807) is 23.6 Å². The average Bonchev–Trinajstić information content (AvgIpc) is 2.64. The highest BCUT2D eigenvalue weighted by molar-refractivity contribution is 7.16. The summed E-state index contributed by atoms with van der Waals surface area (Å²) in [5.74, 6) is 0.528. The van der Waals surface area contributed by atoms with Crippen LogP contribution in [0, 0.1) is 0 Å². The summed E-state index contributed by atoms with van der Waals surface area (Å²) in [7, 11) is 0. The normalized spacial score (nSPS) is 10.2. The van der Waals surface area contributed by atoms with Crippen LogP contribution in [0.5, 0.6) is 0 Å². The van der Waals surface area contributed by atoms with Crippen molar-refractivity contribution in [2.45, 2.75) is 6.54 Å². The van der Waals surface area contributed by atoms with Crippen LogP contribution in [0.1, 0.15) is 4.88 Å². The summed E-state index contributed by atoms with van der Waals surface area (Å²) in [5.41, 5.74) is 6.44. The quantitative estimate of drug-likeness (QED) is 0.866. The number of hydrogen-bond donors (Lipinski definition) is 2. The van der Waals surface area contributed by atoms with Crippen LogP contribution in [0.15, 0.2) is 30.5 Å². The van der Waals surface area contributed by atoms with Crippen molar-refractivity contribution >= 4 is 34.4 Å². The van der Waals surface area contributed by atoms with E-state index in [2.05, 4.69) is 10.3 Å². The molecule has 0 fully saturated rings. The van der Waals surface area contributed by atoms with E-state index in [4.69, 9.17) is 17.3 Å². The van der Waals surface area contributed by atoms with Gasteiger partial charge in [-0.3, -0.25) is 0 Å². The number of nitrogen functional groups attached to an aromatic ring is 1. The molecule has 0 aliphatic rings. The molecule has 0 spiro atoms. The third kappa shape index (κ3) is 2.84. The van der Waals surface area contributed by atoms with E-state index >= 15 is 0 Å². The number of aromatic nitrogens is 1. The first kappa shape index (κ1) is 10.3. The van der Waals surface area contributed by atoms with Crippen molar-refractivity contribution in [2.75, 3.05) is 11.1 Å². The minimum atomic E-state index is 0.528. The summed E-state index contributed by atoms with van der Waals surface area (Å²) in [6, 6.07) is 7.57. The summed E-state index contributed by atoms with van der Waals surface area (Å²) in [6.45, 7) is 0.753. The molecule has 2 rings (SSSR count). The Morgan fingerprint density at radius 2 is 2.20 bits per heavy atom. The van der Waals surface area contributed by atoms with Crippen LogP contribution < -0.4 is 11.1 Å². The van der Waals surface area contributed by atoms with Crippen LogP contribution in [0.3, 0.4) is 0 Å². The molecule has 5 heteroatoms. The number of nitrogens with one attached hydrogen (secondary N) is 1. The van der Waals surface area contributed by atoms with Gasteiger partial charge in [-0.25, -0.2) is 4.98 Å². The van der Waals surface area contributed by atoms with Crippen molar-refractivity contribution in [3.63, 3.8) is 0 Å². The lowest BCUT2D eigenvalue weighted by Crippen LogP contribution is -1.98. The van der Waals surface area contributed by atoms with Gasteiger partial charge in [-0.1, -0.05) is 11.6 Å². The molecule has 0 saturated carbocycles. The summed E-state index contributed by atoms with van der Waals surface area (Å²) in [4.78, 5) is 5.18. The smallest absolute Gasteiger partial charge is 0.123 e. The summed E-state index contributed by atoms with van der Waals surface area (Å²) >= 11 is 7.39. The first-order valence-electron chi connectivity index (χ1n) is 4.43. The zero-order valence-electron chi connectivity index (χ0n) is 7.90. The van der Waals surface area contributed by atoms with Gasteiger partial charge < -0.3 is 11.1 Å². The van der Waals surface area contributed by atoms with E-state index in [9.17, 15) is 0 Å². The van der Waals surface area contributed by atoms with E-state index in [0.717, 1.165) is 16.6 Å². The summed E-state index contributed by atoms with van der Waals surface area (Å²) in [6.07, 6.45) is 1.71. The molecule has 0 aromatic carbocycles. The maximum Gasteiger partial charge on any atom is 0.123 e.